The van der Waals surface area contributed by atoms with Crippen LogP contribution in [0, 0.1) is 0 Å². The molecule has 6 nitrogen and oxygen atoms in total. The Morgan fingerprint density at radius 1 is 1.16 bits per heavy atom. The minimum Gasteiger partial charge on any atom is -0.466 e. The molecule has 0 amide bonds. The topological polar surface area (TPSA) is 67.7 Å². The van der Waals surface area contributed by atoms with E-state index in [9.17, 15) is 4.79 Å². The van der Waals surface area contributed by atoms with Crippen LogP contribution in [0.1, 0.15) is 26.2 Å². The molecule has 0 unspecified atom stereocenters. The fourth-order valence-electron chi connectivity index (χ4n) is 2.69. The van der Waals surface area contributed by atoms with Crippen molar-refractivity contribution in [3.05, 3.63) is 36.5 Å². The first-order valence-corrected chi connectivity index (χ1v) is 8.88. The van der Waals surface area contributed by atoms with Crippen LogP contribution in [0.5, 0.6) is 0 Å². The lowest BCUT2D eigenvalue weighted by Gasteiger charge is -2.12. The SMILES string of the molecule is CCOC(=O)CCCNC(=NC)NCCCn1ccc2ccccc21. The number of para-hydroxylation sites is 1. The molecule has 136 valence electrons. The molecular formula is C19H28N4O2. The highest BCUT2D eigenvalue weighted by Crippen LogP contribution is 2.15. The van der Waals surface area contributed by atoms with Gasteiger partial charge in [-0.2, -0.15) is 0 Å². The molecule has 1 aromatic carbocycles. The molecule has 0 fully saturated rings. The van der Waals surface area contributed by atoms with Gasteiger partial charge in [-0.3, -0.25) is 9.79 Å². The van der Waals surface area contributed by atoms with Crippen LogP contribution < -0.4 is 10.6 Å². The average Bonchev–Trinajstić information content (AvgIpc) is 3.04. The molecule has 0 aliphatic rings. The number of carbonyl (C=O) groups is 1. The highest BCUT2D eigenvalue weighted by molar-refractivity contribution is 5.80. The molecule has 1 heterocycles. The van der Waals surface area contributed by atoms with Crippen molar-refractivity contribution >= 4 is 22.8 Å². The summed E-state index contributed by atoms with van der Waals surface area (Å²) in [6, 6.07) is 10.6. The number of hydrogen-bond donors (Lipinski definition) is 2. The summed E-state index contributed by atoms with van der Waals surface area (Å²) in [4.78, 5) is 15.5. The second-order valence-electron chi connectivity index (χ2n) is 5.76. The van der Waals surface area contributed by atoms with Crippen LogP contribution in [0.3, 0.4) is 0 Å². The fourth-order valence-corrected chi connectivity index (χ4v) is 2.69. The molecule has 0 atom stereocenters. The molecule has 0 spiro atoms. The summed E-state index contributed by atoms with van der Waals surface area (Å²) >= 11 is 0. The van der Waals surface area contributed by atoms with Gasteiger partial charge in [0.15, 0.2) is 5.96 Å². The monoisotopic (exact) mass is 344 g/mol. The lowest BCUT2D eigenvalue weighted by molar-refractivity contribution is -0.143. The lowest BCUT2D eigenvalue weighted by Crippen LogP contribution is -2.38. The summed E-state index contributed by atoms with van der Waals surface area (Å²) in [5.41, 5.74) is 1.27. The Labute approximate surface area is 149 Å². The number of aryl methyl sites for hydroxylation is 1. The fraction of sp³-hybridized carbons (Fsp3) is 0.474. The van der Waals surface area contributed by atoms with E-state index in [-0.39, 0.29) is 5.97 Å². The Balaban J connectivity index is 1.63. The van der Waals surface area contributed by atoms with Gasteiger partial charge in [0.1, 0.15) is 0 Å². The number of aliphatic imine (C=N–C) groups is 1. The van der Waals surface area contributed by atoms with Crippen LogP contribution in [-0.4, -0.2) is 43.2 Å². The molecule has 0 saturated carbocycles. The first-order chi connectivity index (χ1) is 12.2. The van der Waals surface area contributed by atoms with Crippen molar-refractivity contribution in [3.63, 3.8) is 0 Å². The molecule has 25 heavy (non-hydrogen) atoms. The zero-order valence-electron chi connectivity index (χ0n) is 15.1. The number of nitrogens with zero attached hydrogens (tertiary/aromatic N) is 2. The van der Waals surface area contributed by atoms with Crippen molar-refractivity contribution < 1.29 is 9.53 Å². The maximum atomic E-state index is 11.3. The maximum Gasteiger partial charge on any atom is 0.305 e. The van der Waals surface area contributed by atoms with Gasteiger partial charge in [0.05, 0.1) is 6.61 Å². The number of nitrogens with one attached hydrogen (secondary N) is 2. The van der Waals surface area contributed by atoms with Crippen LogP contribution in [0.4, 0.5) is 0 Å². The van der Waals surface area contributed by atoms with E-state index in [2.05, 4.69) is 56.7 Å². The summed E-state index contributed by atoms with van der Waals surface area (Å²) in [5, 5.41) is 7.79. The highest BCUT2D eigenvalue weighted by Gasteiger charge is 2.03. The third-order valence-electron chi connectivity index (χ3n) is 3.93. The van der Waals surface area contributed by atoms with Crippen molar-refractivity contribution in [1.82, 2.24) is 15.2 Å². The van der Waals surface area contributed by atoms with Gasteiger partial charge in [0.25, 0.3) is 0 Å². The molecule has 2 N–H and O–H groups in total. The predicted octanol–water partition coefficient (Wildman–Crippen LogP) is 2.54. The number of aromatic nitrogens is 1. The van der Waals surface area contributed by atoms with Crippen LogP contribution >= 0.6 is 0 Å². The maximum absolute atomic E-state index is 11.3. The normalized spacial score (nSPS) is 11.5. The molecule has 0 aliphatic carbocycles. The molecule has 6 heteroatoms. The van der Waals surface area contributed by atoms with Gasteiger partial charge >= 0.3 is 5.97 Å². The minimum absolute atomic E-state index is 0.147. The second kappa shape index (κ2) is 10.4. The zero-order chi connectivity index (χ0) is 17.9. The third-order valence-corrected chi connectivity index (χ3v) is 3.93. The third kappa shape index (κ3) is 6.14. The summed E-state index contributed by atoms with van der Waals surface area (Å²) in [7, 11) is 1.75. The average molecular weight is 344 g/mol. The molecule has 0 bridgehead atoms. The standard InChI is InChI=1S/C19H28N4O2/c1-3-25-18(24)10-6-12-21-19(20-2)22-13-7-14-23-15-11-16-8-4-5-9-17(16)23/h4-5,8-9,11,15H,3,6-7,10,12-14H2,1-2H3,(H2,20,21,22). The molecule has 0 radical (unpaired) electrons. The minimum atomic E-state index is -0.147. The molecule has 1 aromatic heterocycles. The first kappa shape index (κ1) is 18.8. The number of benzene rings is 1. The Bertz CT molecular complexity index is 694. The van der Waals surface area contributed by atoms with E-state index in [4.69, 9.17) is 4.74 Å². The Morgan fingerprint density at radius 2 is 1.92 bits per heavy atom. The van der Waals surface area contributed by atoms with E-state index >= 15 is 0 Å². The van der Waals surface area contributed by atoms with Gasteiger partial charge in [-0.15, -0.1) is 0 Å². The van der Waals surface area contributed by atoms with E-state index < -0.39 is 0 Å². The highest BCUT2D eigenvalue weighted by atomic mass is 16.5. The molecular weight excluding hydrogens is 316 g/mol. The lowest BCUT2D eigenvalue weighted by atomic mass is 10.2. The van der Waals surface area contributed by atoms with Gasteiger partial charge in [0.2, 0.25) is 0 Å². The van der Waals surface area contributed by atoms with Crippen molar-refractivity contribution in [2.45, 2.75) is 32.7 Å². The van der Waals surface area contributed by atoms with Crippen molar-refractivity contribution in [3.8, 4) is 0 Å². The number of guanidine groups is 1. The van der Waals surface area contributed by atoms with E-state index in [0.29, 0.717) is 19.6 Å². The summed E-state index contributed by atoms with van der Waals surface area (Å²) in [5.74, 6) is 0.618. The molecule has 0 saturated heterocycles. The number of esters is 1. The van der Waals surface area contributed by atoms with Gasteiger partial charge < -0.3 is 19.9 Å². The number of ether oxygens (including phenoxy) is 1. The summed E-state index contributed by atoms with van der Waals surface area (Å²) in [6.07, 6.45) is 4.29. The van der Waals surface area contributed by atoms with Crippen LogP contribution in [0.25, 0.3) is 10.9 Å². The summed E-state index contributed by atoms with van der Waals surface area (Å²) in [6.45, 7) is 4.75. The Kier molecular flexibility index (Phi) is 7.82. The largest absolute Gasteiger partial charge is 0.466 e. The molecule has 2 aromatic rings. The number of fused-ring (bicyclic) bond motifs is 1. The summed E-state index contributed by atoms with van der Waals surface area (Å²) < 4.78 is 7.18. The Morgan fingerprint density at radius 3 is 2.68 bits per heavy atom. The van der Waals surface area contributed by atoms with Crippen LogP contribution in [0.2, 0.25) is 0 Å². The quantitative estimate of drug-likeness (QED) is 0.317. The number of carbonyl (C=O) groups excluding carboxylic acids is 1. The predicted molar refractivity (Wildman–Crippen MR) is 102 cm³/mol. The molecule has 2 rings (SSSR count). The Hall–Kier alpha value is -2.50. The number of hydrogen-bond acceptors (Lipinski definition) is 3. The van der Waals surface area contributed by atoms with Gasteiger partial charge in [0, 0.05) is 44.8 Å². The van der Waals surface area contributed by atoms with Crippen molar-refractivity contribution in [1.29, 1.82) is 0 Å². The van der Waals surface area contributed by atoms with E-state index in [1.54, 1.807) is 7.05 Å². The van der Waals surface area contributed by atoms with Gasteiger partial charge in [-0.25, -0.2) is 0 Å². The van der Waals surface area contributed by atoms with E-state index in [0.717, 1.165) is 31.9 Å². The van der Waals surface area contributed by atoms with E-state index in [1.165, 1.54) is 10.9 Å². The van der Waals surface area contributed by atoms with Crippen molar-refractivity contribution in [2.75, 3.05) is 26.7 Å². The van der Waals surface area contributed by atoms with Gasteiger partial charge in [-0.1, -0.05) is 18.2 Å². The van der Waals surface area contributed by atoms with Gasteiger partial charge in [-0.05, 0) is 37.3 Å². The molecule has 0 aliphatic heterocycles. The first-order valence-electron chi connectivity index (χ1n) is 8.88. The van der Waals surface area contributed by atoms with Crippen LogP contribution in [-0.2, 0) is 16.1 Å². The van der Waals surface area contributed by atoms with Crippen molar-refractivity contribution in [2.24, 2.45) is 4.99 Å². The second-order valence-corrected chi connectivity index (χ2v) is 5.76. The zero-order valence-corrected chi connectivity index (χ0v) is 15.1. The van der Waals surface area contributed by atoms with Crippen LogP contribution in [0.15, 0.2) is 41.5 Å². The van der Waals surface area contributed by atoms with E-state index in [1.807, 2.05) is 6.92 Å². The smallest absolute Gasteiger partial charge is 0.305 e. The number of rotatable bonds is 9.